The summed E-state index contributed by atoms with van der Waals surface area (Å²) in [6.07, 6.45) is 7.07. The van der Waals surface area contributed by atoms with Crippen molar-refractivity contribution in [2.75, 3.05) is 11.9 Å². The van der Waals surface area contributed by atoms with Crippen LogP contribution in [-0.4, -0.2) is 12.6 Å². The second kappa shape index (κ2) is 6.71. The van der Waals surface area contributed by atoms with Gasteiger partial charge in [0.05, 0.1) is 12.0 Å². The molecule has 0 saturated carbocycles. The van der Waals surface area contributed by atoms with E-state index in [4.69, 9.17) is 4.74 Å². The largest absolute Gasteiger partial charge is 0.545 e. The van der Waals surface area contributed by atoms with Gasteiger partial charge in [0.2, 0.25) is 0 Å². The average molecular weight is 346 g/mol. The smallest absolute Gasteiger partial charge is 0.119 e. The zero-order valence-electron chi connectivity index (χ0n) is 14.4. The van der Waals surface area contributed by atoms with Crippen LogP contribution in [0.3, 0.4) is 0 Å². The van der Waals surface area contributed by atoms with Crippen LogP contribution in [0.15, 0.2) is 67.3 Å². The fourth-order valence-electron chi connectivity index (χ4n) is 3.98. The Balaban J connectivity index is 1.65. The Bertz CT molecular complexity index is 869. The van der Waals surface area contributed by atoms with Gasteiger partial charge in [-0.15, -0.1) is 0 Å². The van der Waals surface area contributed by atoms with Gasteiger partial charge >= 0.3 is 0 Å². The Labute approximate surface area is 152 Å². The number of fused-ring (bicyclic) bond motifs is 3. The number of aromatic carboxylic acids is 1. The molecular weight excluding hydrogens is 326 g/mol. The molecule has 0 saturated heterocycles. The van der Waals surface area contributed by atoms with E-state index in [1.165, 1.54) is 5.56 Å². The molecule has 1 heterocycles. The number of hydrogen-bond donors (Lipinski definition) is 1. The zero-order valence-corrected chi connectivity index (χ0v) is 14.4. The fraction of sp³-hybridized carbons (Fsp3) is 0.227. The standard InChI is InChI=1S/C22H21NO3/c1-2-12-26-16-9-6-14(7-10-16)21-18-5-3-4-17(18)19-13-15(22(24)25)8-11-20(19)23-21/h2-4,6-11,13,17-18,21,23H,1,5,12H2,(H,24,25)/p-1/t17-,18+,21-/m0/s1. The number of carbonyl (C=O) groups is 1. The molecule has 1 N–H and O–H groups in total. The van der Waals surface area contributed by atoms with Crippen molar-refractivity contribution in [1.82, 2.24) is 0 Å². The first-order valence-corrected chi connectivity index (χ1v) is 8.79. The predicted octanol–water partition coefficient (Wildman–Crippen LogP) is 3.44. The third-order valence-corrected chi connectivity index (χ3v) is 5.21. The molecule has 1 aliphatic heterocycles. The van der Waals surface area contributed by atoms with Crippen LogP contribution in [0.2, 0.25) is 0 Å². The van der Waals surface area contributed by atoms with Gasteiger partial charge in [-0.25, -0.2) is 0 Å². The summed E-state index contributed by atoms with van der Waals surface area (Å²) in [6, 6.07) is 13.5. The van der Waals surface area contributed by atoms with Crippen LogP contribution in [0.5, 0.6) is 5.75 Å². The van der Waals surface area contributed by atoms with Crippen LogP contribution in [0.1, 0.15) is 39.9 Å². The second-order valence-corrected chi connectivity index (χ2v) is 6.73. The summed E-state index contributed by atoms with van der Waals surface area (Å²) in [5, 5.41) is 14.8. The molecule has 2 aliphatic rings. The summed E-state index contributed by atoms with van der Waals surface area (Å²) >= 11 is 0. The van der Waals surface area contributed by atoms with Crippen molar-refractivity contribution in [3.05, 3.63) is 84.0 Å². The number of benzene rings is 2. The molecule has 0 aromatic heterocycles. The lowest BCUT2D eigenvalue weighted by Gasteiger charge is -2.38. The van der Waals surface area contributed by atoms with Gasteiger partial charge in [-0.05, 0) is 53.3 Å². The molecule has 132 valence electrons. The third kappa shape index (κ3) is 2.88. The first-order chi connectivity index (χ1) is 12.7. The van der Waals surface area contributed by atoms with Crippen LogP contribution in [0.4, 0.5) is 5.69 Å². The molecule has 4 rings (SSSR count). The molecule has 3 atom stereocenters. The highest BCUT2D eigenvalue weighted by Crippen LogP contribution is 2.50. The maximum absolute atomic E-state index is 11.2. The number of rotatable bonds is 5. The van der Waals surface area contributed by atoms with E-state index in [-0.39, 0.29) is 17.5 Å². The van der Waals surface area contributed by atoms with Crippen molar-refractivity contribution >= 4 is 11.7 Å². The van der Waals surface area contributed by atoms with Gasteiger partial charge in [0.15, 0.2) is 0 Å². The Hall–Kier alpha value is -3.01. The minimum absolute atomic E-state index is 0.171. The van der Waals surface area contributed by atoms with E-state index in [2.05, 4.69) is 36.2 Å². The van der Waals surface area contributed by atoms with E-state index < -0.39 is 5.97 Å². The van der Waals surface area contributed by atoms with E-state index in [0.29, 0.717) is 12.5 Å². The molecule has 0 radical (unpaired) electrons. The monoisotopic (exact) mass is 346 g/mol. The van der Waals surface area contributed by atoms with Gasteiger partial charge in [0.1, 0.15) is 12.4 Å². The van der Waals surface area contributed by atoms with Crippen LogP contribution in [-0.2, 0) is 0 Å². The molecular formula is C22H20NO3-. The average Bonchev–Trinajstić information content (AvgIpc) is 3.16. The lowest BCUT2D eigenvalue weighted by molar-refractivity contribution is -0.255. The van der Waals surface area contributed by atoms with Crippen molar-refractivity contribution in [1.29, 1.82) is 0 Å². The Kier molecular flexibility index (Phi) is 4.25. The molecule has 0 bridgehead atoms. The number of hydrogen-bond acceptors (Lipinski definition) is 4. The van der Waals surface area contributed by atoms with Crippen molar-refractivity contribution in [2.24, 2.45) is 5.92 Å². The van der Waals surface area contributed by atoms with Crippen molar-refractivity contribution in [2.45, 2.75) is 18.4 Å². The van der Waals surface area contributed by atoms with Crippen LogP contribution in [0.25, 0.3) is 0 Å². The SMILES string of the molecule is C=CCOc1ccc([C@@H]2Nc3ccc(C(=O)[O-])cc3[C@H]3C=CC[C@H]32)cc1. The third-order valence-electron chi connectivity index (χ3n) is 5.21. The lowest BCUT2D eigenvalue weighted by atomic mass is 9.76. The van der Waals surface area contributed by atoms with E-state index in [0.717, 1.165) is 23.4 Å². The number of allylic oxidation sites excluding steroid dienone is 2. The summed E-state index contributed by atoms with van der Waals surface area (Å²) in [7, 11) is 0. The highest BCUT2D eigenvalue weighted by molar-refractivity contribution is 5.87. The summed E-state index contributed by atoms with van der Waals surface area (Å²) in [5.41, 5.74) is 3.45. The van der Waals surface area contributed by atoms with Gasteiger partial charge in [-0.2, -0.15) is 0 Å². The maximum atomic E-state index is 11.2. The number of carbonyl (C=O) groups excluding carboxylic acids is 1. The minimum Gasteiger partial charge on any atom is -0.545 e. The highest BCUT2D eigenvalue weighted by Gasteiger charge is 2.37. The fourth-order valence-corrected chi connectivity index (χ4v) is 3.98. The van der Waals surface area contributed by atoms with Gasteiger partial charge in [-0.1, -0.05) is 43.0 Å². The molecule has 1 aliphatic carbocycles. The Morgan fingerprint density at radius 3 is 2.81 bits per heavy atom. The maximum Gasteiger partial charge on any atom is 0.119 e. The number of carboxylic acids is 1. The van der Waals surface area contributed by atoms with Crippen LogP contribution < -0.4 is 15.2 Å². The van der Waals surface area contributed by atoms with Gasteiger partial charge in [0.25, 0.3) is 0 Å². The summed E-state index contributed by atoms with van der Waals surface area (Å²) < 4.78 is 5.56. The first-order valence-electron chi connectivity index (χ1n) is 8.79. The van der Waals surface area contributed by atoms with Crippen LogP contribution >= 0.6 is 0 Å². The lowest BCUT2D eigenvalue weighted by Crippen LogP contribution is -2.30. The first kappa shape index (κ1) is 16.5. The number of carboxylic acid groups (broad SMARTS) is 1. The van der Waals surface area contributed by atoms with Crippen molar-refractivity contribution in [3.63, 3.8) is 0 Å². The Morgan fingerprint density at radius 2 is 2.08 bits per heavy atom. The second-order valence-electron chi connectivity index (χ2n) is 6.73. The van der Waals surface area contributed by atoms with Crippen LogP contribution in [0, 0.1) is 5.92 Å². The van der Waals surface area contributed by atoms with Gasteiger partial charge in [0, 0.05) is 11.6 Å². The molecule has 0 spiro atoms. The van der Waals surface area contributed by atoms with Crippen molar-refractivity contribution < 1.29 is 14.6 Å². The normalized spacial score (nSPS) is 22.8. The topological polar surface area (TPSA) is 61.4 Å². The van der Waals surface area contributed by atoms with E-state index in [1.54, 1.807) is 18.2 Å². The van der Waals surface area contributed by atoms with E-state index in [9.17, 15) is 9.90 Å². The zero-order chi connectivity index (χ0) is 18.1. The summed E-state index contributed by atoms with van der Waals surface area (Å²) in [4.78, 5) is 11.2. The molecule has 4 nitrogen and oxygen atoms in total. The number of nitrogens with one attached hydrogen (secondary N) is 1. The van der Waals surface area contributed by atoms with Gasteiger partial charge < -0.3 is 20.0 Å². The predicted molar refractivity (Wildman–Crippen MR) is 99.3 cm³/mol. The molecule has 0 amide bonds. The molecule has 2 aromatic rings. The van der Waals surface area contributed by atoms with Crippen molar-refractivity contribution in [3.8, 4) is 5.75 Å². The molecule has 0 fully saturated rings. The van der Waals surface area contributed by atoms with E-state index in [1.807, 2.05) is 18.2 Å². The molecule has 2 aromatic carbocycles. The number of ether oxygens (including phenoxy) is 1. The highest BCUT2D eigenvalue weighted by atomic mass is 16.5. The van der Waals surface area contributed by atoms with Gasteiger partial charge in [-0.3, -0.25) is 0 Å². The van der Waals surface area contributed by atoms with E-state index >= 15 is 0 Å². The summed E-state index contributed by atoms with van der Waals surface area (Å²) in [6.45, 7) is 4.15. The summed E-state index contributed by atoms with van der Waals surface area (Å²) in [5.74, 6) is 0.264. The minimum atomic E-state index is -1.14. The quantitative estimate of drug-likeness (QED) is 0.843. The number of anilines is 1. The molecule has 0 unspecified atom stereocenters. The molecule has 4 heteroatoms. The Morgan fingerprint density at radius 1 is 1.27 bits per heavy atom. The molecule has 26 heavy (non-hydrogen) atoms.